The van der Waals surface area contributed by atoms with E-state index in [0.717, 1.165) is 12.3 Å². The maximum absolute atomic E-state index is 9.41. The van der Waals surface area contributed by atoms with Crippen LogP contribution < -0.4 is 25.3 Å². The summed E-state index contributed by atoms with van der Waals surface area (Å²) in [5, 5.41) is 37.7. The topological polar surface area (TPSA) is 170 Å². The maximum atomic E-state index is 9.41. The largest absolute Gasteiger partial charge is 0.545 e. The molecule has 0 bridgehead atoms. The SMILES string of the molecule is CCSc1ccc2c(c1)N(CCCN1CCN(C)CC1)c1ccccc1S2.O=C([O-])/C=C\C(=O)[O-].O=C([O-])/C=C\C(=O)[O-]. The molecular formula is C30H33N3O8S2-4. The molecule has 1 saturated heterocycles. The van der Waals surface area contributed by atoms with Gasteiger partial charge in [-0.05, 0) is 80.4 Å². The van der Waals surface area contributed by atoms with Crippen molar-refractivity contribution in [2.75, 3.05) is 57.0 Å². The fraction of sp³-hybridized carbons (Fsp3) is 0.333. The summed E-state index contributed by atoms with van der Waals surface area (Å²) < 4.78 is 0. The molecule has 11 nitrogen and oxygen atoms in total. The summed E-state index contributed by atoms with van der Waals surface area (Å²) in [5.74, 6) is -5.07. The van der Waals surface area contributed by atoms with Crippen LogP contribution in [0.4, 0.5) is 11.4 Å². The van der Waals surface area contributed by atoms with Gasteiger partial charge in [-0.3, -0.25) is 0 Å². The van der Waals surface area contributed by atoms with Gasteiger partial charge in [-0.1, -0.05) is 30.8 Å². The summed E-state index contributed by atoms with van der Waals surface area (Å²) >= 11 is 3.84. The molecule has 0 amide bonds. The fourth-order valence-corrected chi connectivity index (χ4v) is 5.87. The van der Waals surface area contributed by atoms with Gasteiger partial charge in [0.1, 0.15) is 0 Å². The predicted molar refractivity (Wildman–Crippen MR) is 157 cm³/mol. The molecule has 232 valence electrons. The first-order chi connectivity index (χ1) is 20.5. The number of carbonyl (C=O) groups is 4. The Morgan fingerprint density at radius 3 is 1.84 bits per heavy atom. The van der Waals surface area contributed by atoms with Gasteiger partial charge in [-0.25, -0.2) is 0 Å². The number of rotatable bonds is 10. The molecule has 4 rings (SSSR count). The third kappa shape index (κ3) is 13.4. The zero-order valence-electron chi connectivity index (χ0n) is 23.9. The highest BCUT2D eigenvalue weighted by atomic mass is 32.2. The Bertz CT molecular complexity index is 1240. The number of hydrogen-bond donors (Lipinski definition) is 0. The van der Waals surface area contributed by atoms with Crippen molar-refractivity contribution >= 4 is 58.8 Å². The zero-order chi connectivity index (χ0) is 31.8. The van der Waals surface area contributed by atoms with Crippen molar-refractivity contribution in [2.45, 2.75) is 28.0 Å². The Morgan fingerprint density at radius 2 is 1.30 bits per heavy atom. The van der Waals surface area contributed by atoms with Gasteiger partial charge in [0.05, 0.1) is 35.3 Å². The van der Waals surface area contributed by atoms with E-state index in [2.05, 4.69) is 71.1 Å². The van der Waals surface area contributed by atoms with E-state index in [-0.39, 0.29) is 0 Å². The molecule has 0 saturated carbocycles. The van der Waals surface area contributed by atoms with Crippen molar-refractivity contribution in [3.8, 4) is 0 Å². The Kier molecular flexibility index (Phi) is 15.4. The van der Waals surface area contributed by atoms with Crippen LogP contribution in [0, 0.1) is 0 Å². The summed E-state index contributed by atoms with van der Waals surface area (Å²) in [4.78, 5) is 49.4. The first-order valence-electron chi connectivity index (χ1n) is 13.4. The standard InChI is InChI=1S/C22H29N3S2.2C4H4O4/c1-3-26-18-9-10-22-20(17-18)25(19-7-4-5-8-21(19)27-22)12-6-11-24-15-13-23(2)14-16-24;2*5-3(6)1-2-4(7)8/h4-5,7-10,17H,3,6,11-16H2,1-2H3;2*1-2H,(H,5,6)(H,7,8)/p-4/b;2*2-1-. The number of carboxylic acids is 4. The summed E-state index contributed by atoms with van der Waals surface area (Å²) in [7, 11) is 2.22. The molecule has 0 N–H and O–H groups in total. The maximum Gasteiger partial charge on any atom is 0.0643 e. The summed E-state index contributed by atoms with van der Waals surface area (Å²) in [5.41, 5.74) is 2.75. The van der Waals surface area contributed by atoms with E-state index >= 15 is 0 Å². The van der Waals surface area contributed by atoms with Crippen molar-refractivity contribution in [1.29, 1.82) is 0 Å². The van der Waals surface area contributed by atoms with E-state index in [1.165, 1.54) is 65.2 Å². The lowest BCUT2D eigenvalue weighted by molar-refractivity contribution is -0.301. The number of piperazine rings is 1. The minimum Gasteiger partial charge on any atom is -0.545 e. The van der Waals surface area contributed by atoms with Crippen molar-refractivity contribution in [3.05, 3.63) is 66.8 Å². The molecule has 0 radical (unpaired) electrons. The lowest BCUT2D eigenvalue weighted by atomic mass is 10.2. The average Bonchev–Trinajstić information content (AvgIpc) is 2.96. The van der Waals surface area contributed by atoms with Crippen LogP contribution in [0.25, 0.3) is 0 Å². The number of carbonyl (C=O) groups excluding carboxylic acids is 4. The van der Waals surface area contributed by atoms with Crippen LogP contribution in [0.5, 0.6) is 0 Å². The van der Waals surface area contributed by atoms with Crippen LogP contribution in [-0.2, 0) is 19.2 Å². The first-order valence-corrected chi connectivity index (χ1v) is 15.2. The smallest absolute Gasteiger partial charge is 0.0643 e. The molecule has 43 heavy (non-hydrogen) atoms. The normalized spacial score (nSPS) is 14.6. The van der Waals surface area contributed by atoms with E-state index in [0.29, 0.717) is 24.3 Å². The van der Waals surface area contributed by atoms with E-state index < -0.39 is 23.9 Å². The predicted octanol–water partition coefficient (Wildman–Crippen LogP) is -0.876. The van der Waals surface area contributed by atoms with Gasteiger partial charge in [-0.2, -0.15) is 0 Å². The van der Waals surface area contributed by atoms with Gasteiger partial charge in [0.25, 0.3) is 0 Å². The molecule has 0 aliphatic carbocycles. The summed E-state index contributed by atoms with van der Waals surface area (Å²) in [6.07, 6.45) is 2.74. The minimum atomic E-state index is -1.55. The number of likely N-dealkylation sites (N-methyl/N-ethyl adjacent to an activating group) is 1. The minimum absolute atomic E-state index is 0.384. The molecule has 0 spiro atoms. The number of fused-ring (bicyclic) bond motifs is 2. The van der Waals surface area contributed by atoms with Crippen LogP contribution in [0.3, 0.4) is 0 Å². The van der Waals surface area contributed by atoms with E-state index in [4.69, 9.17) is 0 Å². The van der Waals surface area contributed by atoms with Gasteiger partial charge < -0.3 is 54.3 Å². The van der Waals surface area contributed by atoms with Crippen LogP contribution >= 0.6 is 23.5 Å². The number of para-hydroxylation sites is 1. The van der Waals surface area contributed by atoms with Gasteiger partial charge in [0.2, 0.25) is 0 Å². The van der Waals surface area contributed by atoms with Crippen molar-refractivity contribution < 1.29 is 39.6 Å². The molecule has 1 fully saturated rings. The van der Waals surface area contributed by atoms with Gasteiger partial charge in [0, 0.05) is 47.4 Å². The Labute approximate surface area is 259 Å². The Hall–Kier alpha value is -3.78. The molecule has 0 atom stereocenters. The molecule has 0 unspecified atom stereocenters. The molecular weight excluding hydrogens is 594 g/mol. The number of aliphatic carboxylic acids is 4. The Balaban J connectivity index is 0.000000334. The number of carboxylic acid groups (broad SMARTS) is 4. The number of benzene rings is 2. The molecule has 2 aromatic carbocycles. The molecule has 13 heteroatoms. The summed E-state index contributed by atoms with van der Waals surface area (Å²) in [6.45, 7) is 9.30. The van der Waals surface area contributed by atoms with Crippen LogP contribution in [0.2, 0.25) is 0 Å². The molecule has 2 heterocycles. The highest BCUT2D eigenvalue weighted by Crippen LogP contribution is 2.49. The Morgan fingerprint density at radius 1 is 0.767 bits per heavy atom. The average molecular weight is 628 g/mol. The number of hydrogen-bond acceptors (Lipinski definition) is 13. The number of anilines is 2. The van der Waals surface area contributed by atoms with Crippen molar-refractivity contribution in [2.24, 2.45) is 0 Å². The van der Waals surface area contributed by atoms with Crippen molar-refractivity contribution in [3.63, 3.8) is 0 Å². The number of thioether (sulfide) groups is 1. The highest BCUT2D eigenvalue weighted by molar-refractivity contribution is 8.00. The van der Waals surface area contributed by atoms with Crippen LogP contribution in [0.1, 0.15) is 13.3 Å². The lowest BCUT2D eigenvalue weighted by Crippen LogP contribution is -2.45. The van der Waals surface area contributed by atoms with E-state index in [9.17, 15) is 39.6 Å². The van der Waals surface area contributed by atoms with Gasteiger partial charge in [-0.15, -0.1) is 11.8 Å². The van der Waals surface area contributed by atoms with Crippen LogP contribution in [0.15, 0.2) is 81.5 Å². The second-order valence-corrected chi connectivity index (χ2v) is 11.6. The third-order valence-electron chi connectivity index (χ3n) is 6.07. The highest BCUT2D eigenvalue weighted by Gasteiger charge is 2.23. The van der Waals surface area contributed by atoms with Gasteiger partial charge in [0.15, 0.2) is 0 Å². The monoisotopic (exact) mass is 627 g/mol. The molecule has 2 aliphatic rings. The molecule has 2 aliphatic heterocycles. The lowest BCUT2D eigenvalue weighted by Gasteiger charge is -2.35. The van der Waals surface area contributed by atoms with E-state index in [1.807, 2.05) is 23.5 Å². The molecule has 0 aromatic heterocycles. The quantitative estimate of drug-likeness (QED) is 0.235. The van der Waals surface area contributed by atoms with Crippen molar-refractivity contribution in [1.82, 2.24) is 9.80 Å². The second kappa shape index (κ2) is 18.7. The molecule has 2 aromatic rings. The second-order valence-electron chi connectivity index (χ2n) is 9.23. The van der Waals surface area contributed by atoms with Gasteiger partial charge >= 0.3 is 0 Å². The van der Waals surface area contributed by atoms with Crippen LogP contribution in [-0.4, -0.2) is 85.7 Å². The number of nitrogens with zero attached hydrogens (tertiary/aromatic N) is 3. The fourth-order valence-electron chi connectivity index (χ4n) is 4.10. The summed E-state index contributed by atoms with van der Waals surface area (Å²) in [6, 6.07) is 15.8. The zero-order valence-corrected chi connectivity index (χ0v) is 25.6. The first kappa shape index (κ1) is 35.4. The third-order valence-corrected chi connectivity index (χ3v) is 8.08. The van der Waals surface area contributed by atoms with E-state index in [1.54, 1.807) is 0 Å².